The van der Waals surface area contributed by atoms with Crippen molar-refractivity contribution in [3.05, 3.63) is 29.8 Å². The maximum Gasteiger partial charge on any atom is 0.351 e. The summed E-state index contributed by atoms with van der Waals surface area (Å²) >= 11 is 0. The summed E-state index contributed by atoms with van der Waals surface area (Å²) in [7, 11) is 0. The van der Waals surface area contributed by atoms with Gasteiger partial charge in [0.15, 0.2) is 6.61 Å². The van der Waals surface area contributed by atoms with Crippen molar-refractivity contribution in [2.45, 2.75) is 26.7 Å². The zero-order chi connectivity index (χ0) is 15.1. The molecular weight excluding hydrogens is 260 g/mol. The highest BCUT2D eigenvalue weighted by Crippen LogP contribution is 2.18. The second-order valence-corrected chi connectivity index (χ2v) is 4.55. The van der Waals surface area contributed by atoms with E-state index < -0.39 is 11.9 Å². The van der Waals surface area contributed by atoms with Gasteiger partial charge in [-0.2, -0.15) is 5.10 Å². The maximum atomic E-state index is 11.4. The molecule has 0 aliphatic carbocycles. The third kappa shape index (κ3) is 5.09. The van der Waals surface area contributed by atoms with E-state index in [4.69, 9.17) is 9.84 Å². The molecule has 108 valence electrons. The summed E-state index contributed by atoms with van der Waals surface area (Å²) < 4.78 is 5.27. The summed E-state index contributed by atoms with van der Waals surface area (Å²) in [6.45, 7) is 5.24. The molecule has 6 nitrogen and oxygen atoms in total. The fraction of sp³-hybridized carbons (Fsp3) is 0.357. The minimum atomic E-state index is -1.18. The first-order valence-corrected chi connectivity index (χ1v) is 6.19. The lowest BCUT2D eigenvalue weighted by Gasteiger charge is -2.08. The van der Waals surface area contributed by atoms with Crippen LogP contribution in [0.5, 0.6) is 5.75 Å². The number of carbonyl (C=O) groups excluding carboxylic acids is 1. The molecule has 0 bridgehead atoms. The van der Waals surface area contributed by atoms with E-state index in [0.717, 1.165) is 0 Å². The van der Waals surface area contributed by atoms with Crippen LogP contribution in [0.25, 0.3) is 0 Å². The zero-order valence-corrected chi connectivity index (χ0v) is 11.7. The molecule has 1 aromatic rings. The predicted octanol–water partition coefficient (Wildman–Crippen LogP) is 1.77. The first-order valence-electron chi connectivity index (χ1n) is 6.19. The Morgan fingerprint density at radius 1 is 1.30 bits per heavy atom. The highest BCUT2D eigenvalue weighted by molar-refractivity contribution is 6.34. The van der Waals surface area contributed by atoms with Gasteiger partial charge in [0.1, 0.15) is 11.5 Å². The van der Waals surface area contributed by atoms with Gasteiger partial charge in [0.25, 0.3) is 5.91 Å². The van der Waals surface area contributed by atoms with Gasteiger partial charge in [0.05, 0.1) is 0 Å². The number of carbonyl (C=O) groups is 2. The third-order valence-electron chi connectivity index (χ3n) is 2.57. The first kappa shape index (κ1) is 15.7. The molecule has 0 aliphatic rings. The fourth-order valence-corrected chi connectivity index (χ4v) is 1.32. The molecule has 0 aliphatic heterocycles. The number of hydrogen-bond donors (Lipinski definition) is 2. The Bertz CT molecular complexity index is 506. The molecule has 1 aromatic carbocycles. The van der Waals surface area contributed by atoms with Crippen molar-refractivity contribution in [2.75, 3.05) is 6.61 Å². The van der Waals surface area contributed by atoms with Crippen LogP contribution >= 0.6 is 0 Å². The maximum absolute atomic E-state index is 11.4. The van der Waals surface area contributed by atoms with E-state index in [1.54, 1.807) is 12.1 Å². The summed E-state index contributed by atoms with van der Waals surface area (Å²) in [5.41, 5.74) is 3.10. The molecule has 0 heterocycles. The van der Waals surface area contributed by atoms with E-state index in [1.165, 1.54) is 12.5 Å². The summed E-state index contributed by atoms with van der Waals surface area (Å²) in [6, 6.07) is 7.44. The van der Waals surface area contributed by atoms with Crippen molar-refractivity contribution >= 4 is 17.6 Å². The van der Waals surface area contributed by atoms with Gasteiger partial charge >= 0.3 is 5.97 Å². The van der Waals surface area contributed by atoms with Crippen LogP contribution in [0.1, 0.15) is 32.3 Å². The predicted molar refractivity (Wildman–Crippen MR) is 74.9 cm³/mol. The molecule has 0 spiro atoms. The van der Waals surface area contributed by atoms with Crippen LogP contribution in [-0.2, 0) is 9.59 Å². The number of hydrogen-bond acceptors (Lipinski definition) is 4. The molecule has 0 saturated carbocycles. The van der Waals surface area contributed by atoms with Gasteiger partial charge in [-0.05, 0) is 30.5 Å². The van der Waals surface area contributed by atoms with E-state index in [1.807, 2.05) is 12.1 Å². The highest BCUT2D eigenvalue weighted by atomic mass is 16.5. The van der Waals surface area contributed by atoms with E-state index in [-0.39, 0.29) is 12.3 Å². The van der Waals surface area contributed by atoms with Gasteiger partial charge in [-0.1, -0.05) is 26.0 Å². The van der Waals surface area contributed by atoms with Crippen molar-refractivity contribution < 1.29 is 19.4 Å². The Labute approximate surface area is 117 Å². The Hall–Kier alpha value is -2.37. The van der Waals surface area contributed by atoms with Gasteiger partial charge in [-0.25, -0.2) is 10.2 Å². The Morgan fingerprint density at radius 2 is 1.90 bits per heavy atom. The molecule has 0 radical (unpaired) electrons. The number of amides is 1. The van der Waals surface area contributed by atoms with Crippen molar-refractivity contribution in [2.24, 2.45) is 5.10 Å². The topological polar surface area (TPSA) is 88.0 Å². The van der Waals surface area contributed by atoms with E-state index in [9.17, 15) is 9.59 Å². The molecule has 0 atom stereocenters. The van der Waals surface area contributed by atoms with Crippen molar-refractivity contribution in [3.8, 4) is 5.75 Å². The normalized spacial score (nSPS) is 11.3. The minimum Gasteiger partial charge on any atom is -0.484 e. The van der Waals surface area contributed by atoms with Gasteiger partial charge < -0.3 is 9.84 Å². The lowest BCUT2D eigenvalue weighted by atomic mass is 10.0. The molecule has 2 N–H and O–H groups in total. The number of rotatable bonds is 6. The van der Waals surface area contributed by atoms with Crippen molar-refractivity contribution in [1.29, 1.82) is 0 Å². The third-order valence-corrected chi connectivity index (χ3v) is 2.57. The fourth-order valence-electron chi connectivity index (χ4n) is 1.32. The number of nitrogens with one attached hydrogen (secondary N) is 1. The lowest BCUT2D eigenvalue weighted by molar-refractivity contribution is -0.129. The highest BCUT2D eigenvalue weighted by Gasteiger charge is 2.05. The van der Waals surface area contributed by atoms with Gasteiger partial charge in [0.2, 0.25) is 0 Å². The quantitative estimate of drug-likeness (QED) is 0.613. The van der Waals surface area contributed by atoms with Crippen LogP contribution in [0.4, 0.5) is 0 Å². The van der Waals surface area contributed by atoms with E-state index in [2.05, 4.69) is 24.4 Å². The van der Waals surface area contributed by atoms with Crippen LogP contribution in [0.3, 0.4) is 0 Å². The molecule has 0 unspecified atom stereocenters. The molecular formula is C14H18N2O4. The summed E-state index contributed by atoms with van der Waals surface area (Å²) in [4.78, 5) is 21.8. The van der Waals surface area contributed by atoms with Gasteiger partial charge in [-0.15, -0.1) is 0 Å². The van der Waals surface area contributed by atoms with Crippen LogP contribution in [-0.4, -0.2) is 29.3 Å². The minimum absolute atomic E-state index is 0.195. The number of carboxylic acids is 1. The molecule has 0 saturated heterocycles. The molecule has 1 rings (SSSR count). The number of nitrogens with zero attached hydrogens (tertiary/aromatic N) is 1. The van der Waals surface area contributed by atoms with Crippen LogP contribution in [0.2, 0.25) is 0 Å². The largest absolute Gasteiger partial charge is 0.484 e. The monoisotopic (exact) mass is 278 g/mol. The summed E-state index contributed by atoms with van der Waals surface area (Å²) in [6.07, 6.45) is 0. The van der Waals surface area contributed by atoms with Crippen LogP contribution in [0.15, 0.2) is 29.4 Å². The van der Waals surface area contributed by atoms with E-state index >= 15 is 0 Å². The molecule has 20 heavy (non-hydrogen) atoms. The second kappa shape index (κ2) is 7.28. The Morgan fingerprint density at radius 3 is 2.40 bits per heavy atom. The standard InChI is InChI=1S/C14H18N2O4/c1-9(2)11-4-6-12(7-5-11)20-8-13(17)16-15-10(3)14(18)19/h4-7,9H,8H2,1-3H3,(H,16,17)(H,18,19). The Balaban J connectivity index is 2.45. The van der Waals surface area contributed by atoms with Gasteiger partial charge in [0, 0.05) is 0 Å². The van der Waals surface area contributed by atoms with Crippen molar-refractivity contribution in [1.82, 2.24) is 5.43 Å². The number of ether oxygens (including phenoxy) is 1. The summed E-state index contributed by atoms with van der Waals surface area (Å²) in [5, 5.41) is 12.0. The molecule has 6 heteroatoms. The molecule has 1 amide bonds. The second-order valence-electron chi connectivity index (χ2n) is 4.55. The number of benzene rings is 1. The van der Waals surface area contributed by atoms with Crippen molar-refractivity contribution in [3.63, 3.8) is 0 Å². The number of carboxylic acid groups (broad SMARTS) is 1. The summed E-state index contributed by atoms with van der Waals surface area (Å²) in [5.74, 6) is -0.696. The average Bonchev–Trinajstić information content (AvgIpc) is 2.42. The lowest BCUT2D eigenvalue weighted by Crippen LogP contribution is -2.26. The number of hydrazone groups is 1. The smallest absolute Gasteiger partial charge is 0.351 e. The van der Waals surface area contributed by atoms with E-state index in [0.29, 0.717) is 11.7 Å². The SMILES string of the molecule is CC(=NNC(=O)COc1ccc(C(C)C)cc1)C(=O)O. The first-order chi connectivity index (χ1) is 9.40. The Kier molecular flexibility index (Phi) is 5.71. The average molecular weight is 278 g/mol. The zero-order valence-electron chi connectivity index (χ0n) is 11.7. The van der Waals surface area contributed by atoms with Gasteiger partial charge in [-0.3, -0.25) is 4.79 Å². The number of aliphatic carboxylic acids is 1. The van der Waals surface area contributed by atoms with Crippen LogP contribution < -0.4 is 10.2 Å². The molecule has 0 aromatic heterocycles. The molecule has 0 fully saturated rings. The van der Waals surface area contributed by atoms with Crippen LogP contribution in [0, 0.1) is 0 Å².